The third kappa shape index (κ3) is 5.26. The molecule has 1 aromatic rings. The van der Waals surface area contributed by atoms with Crippen molar-refractivity contribution in [3.63, 3.8) is 0 Å². The van der Waals surface area contributed by atoms with Crippen molar-refractivity contribution in [2.75, 3.05) is 32.5 Å². The number of hydrogen-bond acceptors (Lipinski definition) is 5. The summed E-state index contributed by atoms with van der Waals surface area (Å²) in [5.41, 5.74) is -0.0387. The number of nitrogens with zero attached hydrogens (tertiary/aromatic N) is 3. The standard InChI is InChI=1S/C11H18N4O2/c1-15(2)6-4-3-5-12-10-8-13-9(7-14-10)11(16)17/h7-8H,3-6H2,1-2H3,(H,12,14)(H,16,17). The molecule has 0 amide bonds. The maximum absolute atomic E-state index is 10.5. The van der Waals surface area contributed by atoms with E-state index < -0.39 is 5.97 Å². The number of aromatic nitrogens is 2. The highest BCUT2D eigenvalue weighted by Gasteiger charge is 2.04. The van der Waals surface area contributed by atoms with Gasteiger partial charge in [-0.2, -0.15) is 0 Å². The number of hydrogen-bond donors (Lipinski definition) is 2. The highest BCUT2D eigenvalue weighted by atomic mass is 16.4. The van der Waals surface area contributed by atoms with E-state index in [1.165, 1.54) is 12.4 Å². The highest BCUT2D eigenvalue weighted by Crippen LogP contribution is 2.01. The Bertz CT molecular complexity index is 351. The molecule has 0 aliphatic heterocycles. The lowest BCUT2D eigenvalue weighted by atomic mass is 10.3. The Kier molecular flexibility index (Phi) is 5.35. The van der Waals surface area contributed by atoms with Crippen molar-refractivity contribution < 1.29 is 9.90 Å². The van der Waals surface area contributed by atoms with Gasteiger partial charge in [0.2, 0.25) is 0 Å². The minimum atomic E-state index is -1.06. The van der Waals surface area contributed by atoms with Crippen molar-refractivity contribution in [2.45, 2.75) is 12.8 Å². The first-order valence-corrected chi connectivity index (χ1v) is 5.53. The van der Waals surface area contributed by atoms with Crippen molar-refractivity contribution in [2.24, 2.45) is 0 Å². The van der Waals surface area contributed by atoms with Crippen molar-refractivity contribution in [3.05, 3.63) is 18.1 Å². The first kappa shape index (κ1) is 13.4. The van der Waals surface area contributed by atoms with Gasteiger partial charge in [-0.15, -0.1) is 0 Å². The second-order valence-electron chi connectivity index (χ2n) is 4.03. The summed E-state index contributed by atoms with van der Waals surface area (Å²) in [6.45, 7) is 1.88. The van der Waals surface area contributed by atoms with Crippen LogP contribution in [0.5, 0.6) is 0 Å². The van der Waals surface area contributed by atoms with Crippen LogP contribution in [0.4, 0.5) is 5.82 Å². The monoisotopic (exact) mass is 238 g/mol. The fourth-order valence-corrected chi connectivity index (χ4v) is 1.30. The van der Waals surface area contributed by atoms with E-state index in [4.69, 9.17) is 5.11 Å². The SMILES string of the molecule is CN(C)CCCCNc1cnc(C(=O)O)cn1. The predicted octanol–water partition coefficient (Wildman–Crippen LogP) is 0.928. The van der Waals surface area contributed by atoms with Gasteiger partial charge < -0.3 is 15.3 Å². The first-order valence-electron chi connectivity index (χ1n) is 5.53. The molecule has 0 aliphatic carbocycles. The van der Waals surface area contributed by atoms with Gasteiger partial charge >= 0.3 is 5.97 Å². The van der Waals surface area contributed by atoms with Crippen molar-refractivity contribution in [1.29, 1.82) is 0 Å². The molecule has 0 bridgehead atoms. The van der Waals surface area contributed by atoms with E-state index in [2.05, 4.69) is 20.2 Å². The van der Waals surface area contributed by atoms with Crippen LogP contribution in [0.1, 0.15) is 23.3 Å². The van der Waals surface area contributed by atoms with Gasteiger partial charge in [-0.25, -0.2) is 14.8 Å². The summed E-state index contributed by atoms with van der Waals surface area (Å²) in [6.07, 6.45) is 4.85. The Hall–Kier alpha value is -1.69. The van der Waals surface area contributed by atoms with Crippen LogP contribution in [0, 0.1) is 0 Å². The number of nitrogens with one attached hydrogen (secondary N) is 1. The zero-order chi connectivity index (χ0) is 12.7. The van der Waals surface area contributed by atoms with Crippen molar-refractivity contribution in [3.8, 4) is 0 Å². The van der Waals surface area contributed by atoms with Gasteiger partial charge in [-0.1, -0.05) is 0 Å². The molecule has 0 fully saturated rings. The second kappa shape index (κ2) is 6.80. The number of rotatable bonds is 7. The molecule has 0 saturated carbocycles. The molecule has 17 heavy (non-hydrogen) atoms. The number of anilines is 1. The van der Waals surface area contributed by atoms with Gasteiger partial charge in [0.1, 0.15) is 5.82 Å². The van der Waals surface area contributed by atoms with Crippen molar-refractivity contribution in [1.82, 2.24) is 14.9 Å². The summed E-state index contributed by atoms with van der Waals surface area (Å²) in [5, 5.41) is 11.7. The van der Waals surface area contributed by atoms with E-state index in [0.717, 1.165) is 25.9 Å². The average Bonchev–Trinajstić information content (AvgIpc) is 2.29. The molecule has 1 rings (SSSR count). The number of carboxylic acid groups (broad SMARTS) is 1. The summed E-state index contributed by atoms with van der Waals surface area (Å²) in [7, 11) is 4.09. The highest BCUT2D eigenvalue weighted by molar-refractivity contribution is 5.84. The van der Waals surface area contributed by atoms with Crippen LogP contribution < -0.4 is 5.32 Å². The summed E-state index contributed by atoms with van der Waals surface area (Å²) in [4.78, 5) is 20.4. The molecule has 0 radical (unpaired) electrons. The Morgan fingerprint density at radius 3 is 2.65 bits per heavy atom. The van der Waals surface area contributed by atoms with E-state index in [1.807, 2.05) is 14.1 Å². The van der Waals surface area contributed by atoms with E-state index >= 15 is 0 Å². The second-order valence-corrected chi connectivity index (χ2v) is 4.03. The molecular weight excluding hydrogens is 220 g/mol. The number of carboxylic acids is 1. The third-order valence-corrected chi connectivity index (χ3v) is 2.21. The Balaban J connectivity index is 2.25. The van der Waals surface area contributed by atoms with Crippen molar-refractivity contribution >= 4 is 11.8 Å². The van der Waals surface area contributed by atoms with E-state index in [0.29, 0.717) is 5.82 Å². The Morgan fingerprint density at radius 2 is 2.12 bits per heavy atom. The average molecular weight is 238 g/mol. The fraction of sp³-hybridized carbons (Fsp3) is 0.545. The minimum Gasteiger partial charge on any atom is -0.476 e. The zero-order valence-corrected chi connectivity index (χ0v) is 10.2. The van der Waals surface area contributed by atoms with Crippen LogP contribution in [0.2, 0.25) is 0 Å². The number of carbonyl (C=O) groups is 1. The lowest BCUT2D eigenvalue weighted by Gasteiger charge is -2.09. The van der Waals surface area contributed by atoms with Crippen LogP contribution in [0.15, 0.2) is 12.4 Å². The van der Waals surface area contributed by atoms with Crippen LogP contribution >= 0.6 is 0 Å². The molecule has 0 spiro atoms. The molecule has 1 heterocycles. The fourth-order valence-electron chi connectivity index (χ4n) is 1.30. The van der Waals surface area contributed by atoms with E-state index in [1.54, 1.807) is 0 Å². The van der Waals surface area contributed by atoms with Gasteiger partial charge in [-0.05, 0) is 33.5 Å². The molecule has 94 valence electrons. The van der Waals surface area contributed by atoms with Crippen LogP contribution in [-0.4, -0.2) is 53.1 Å². The zero-order valence-electron chi connectivity index (χ0n) is 10.2. The number of aromatic carboxylic acids is 1. The quantitative estimate of drug-likeness (QED) is 0.688. The van der Waals surface area contributed by atoms with Gasteiger partial charge in [0.05, 0.1) is 12.4 Å². The summed E-state index contributed by atoms with van der Waals surface area (Å²) in [6, 6.07) is 0. The van der Waals surface area contributed by atoms with E-state index in [9.17, 15) is 4.79 Å². The summed E-state index contributed by atoms with van der Waals surface area (Å²) >= 11 is 0. The van der Waals surface area contributed by atoms with Gasteiger partial charge in [-0.3, -0.25) is 0 Å². The molecule has 0 saturated heterocycles. The van der Waals surface area contributed by atoms with Crippen LogP contribution in [-0.2, 0) is 0 Å². The number of unbranched alkanes of at least 4 members (excludes halogenated alkanes) is 1. The lowest BCUT2D eigenvalue weighted by Crippen LogP contribution is -2.14. The Labute approximate surface area is 101 Å². The molecule has 0 aliphatic rings. The molecular formula is C11H18N4O2. The summed E-state index contributed by atoms with van der Waals surface area (Å²) in [5.74, 6) is -0.449. The molecule has 0 unspecified atom stereocenters. The predicted molar refractivity (Wildman–Crippen MR) is 65.3 cm³/mol. The normalized spacial score (nSPS) is 10.5. The molecule has 1 aromatic heterocycles. The molecule has 0 aromatic carbocycles. The van der Waals surface area contributed by atoms with Crippen LogP contribution in [0.25, 0.3) is 0 Å². The first-order chi connectivity index (χ1) is 8.09. The van der Waals surface area contributed by atoms with Gasteiger partial charge in [0.15, 0.2) is 5.69 Å². The maximum Gasteiger partial charge on any atom is 0.356 e. The Morgan fingerprint density at radius 1 is 1.35 bits per heavy atom. The maximum atomic E-state index is 10.5. The smallest absolute Gasteiger partial charge is 0.356 e. The minimum absolute atomic E-state index is 0.0387. The van der Waals surface area contributed by atoms with Crippen LogP contribution in [0.3, 0.4) is 0 Å². The molecule has 6 heteroatoms. The third-order valence-electron chi connectivity index (χ3n) is 2.21. The van der Waals surface area contributed by atoms with Gasteiger partial charge in [0.25, 0.3) is 0 Å². The van der Waals surface area contributed by atoms with Gasteiger partial charge in [0, 0.05) is 6.54 Å². The summed E-state index contributed by atoms with van der Waals surface area (Å²) < 4.78 is 0. The molecule has 2 N–H and O–H groups in total. The largest absolute Gasteiger partial charge is 0.476 e. The lowest BCUT2D eigenvalue weighted by molar-refractivity contribution is 0.0690. The topological polar surface area (TPSA) is 78.4 Å². The van der Waals surface area contributed by atoms with E-state index in [-0.39, 0.29) is 5.69 Å². The molecule has 6 nitrogen and oxygen atoms in total. The molecule has 0 atom stereocenters.